The number of aromatic amines is 1. The Balaban J connectivity index is 1.09. The predicted octanol–water partition coefficient (Wildman–Crippen LogP) is 2.92. The van der Waals surface area contributed by atoms with Gasteiger partial charge < -0.3 is 15.6 Å². The highest BCUT2D eigenvalue weighted by Crippen LogP contribution is 2.34. The minimum absolute atomic E-state index is 0.0449. The van der Waals surface area contributed by atoms with Gasteiger partial charge in [0.1, 0.15) is 10.7 Å². The summed E-state index contributed by atoms with van der Waals surface area (Å²) in [5, 5.41) is 6.61. The Labute approximate surface area is 193 Å². The van der Waals surface area contributed by atoms with Crippen molar-refractivity contribution in [1.29, 1.82) is 0 Å². The third kappa shape index (κ3) is 4.73. The van der Waals surface area contributed by atoms with Gasteiger partial charge in [-0.2, -0.15) is 0 Å². The first-order chi connectivity index (χ1) is 15.6. The molecule has 0 atom stereocenters. The minimum atomic E-state index is -0.0796. The maximum absolute atomic E-state index is 12.5. The van der Waals surface area contributed by atoms with E-state index in [1.165, 1.54) is 22.2 Å². The predicted molar refractivity (Wildman–Crippen MR) is 127 cm³/mol. The van der Waals surface area contributed by atoms with Crippen LogP contribution in [0.25, 0.3) is 10.2 Å². The molecule has 1 saturated carbocycles. The molecule has 2 aromatic heterocycles. The molecule has 2 aliphatic rings. The number of aromatic nitrogens is 2. The van der Waals surface area contributed by atoms with E-state index < -0.39 is 0 Å². The quantitative estimate of drug-likeness (QED) is 0.472. The highest BCUT2D eigenvalue weighted by atomic mass is 32.2. The van der Waals surface area contributed by atoms with E-state index in [9.17, 15) is 14.4 Å². The minimum Gasteiger partial charge on any atom is -0.351 e. The van der Waals surface area contributed by atoms with Gasteiger partial charge in [-0.25, -0.2) is 4.98 Å². The Hall–Kier alpha value is -2.65. The molecule has 2 aliphatic carbocycles. The molecule has 2 heterocycles. The van der Waals surface area contributed by atoms with E-state index in [0.717, 1.165) is 47.9 Å². The Morgan fingerprint density at radius 1 is 1.19 bits per heavy atom. The van der Waals surface area contributed by atoms with Crippen molar-refractivity contribution < 1.29 is 9.59 Å². The third-order valence-corrected chi connectivity index (χ3v) is 7.84. The van der Waals surface area contributed by atoms with E-state index in [1.807, 2.05) is 12.1 Å². The summed E-state index contributed by atoms with van der Waals surface area (Å²) in [6.07, 6.45) is 5.24. The molecule has 0 saturated heterocycles. The molecule has 3 N–H and O–H groups in total. The smallest absolute Gasteiger partial charge is 0.259 e. The van der Waals surface area contributed by atoms with Gasteiger partial charge in [0, 0.05) is 23.0 Å². The van der Waals surface area contributed by atoms with Crippen LogP contribution in [-0.2, 0) is 29.9 Å². The van der Waals surface area contributed by atoms with Gasteiger partial charge >= 0.3 is 0 Å². The Kier molecular flexibility index (Phi) is 6.01. The number of H-pyrrole nitrogens is 1. The third-order valence-electron chi connectivity index (χ3n) is 5.71. The molecule has 0 bridgehead atoms. The number of rotatable bonds is 8. The summed E-state index contributed by atoms with van der Waals surface area (Å²) in [6.45, 7) is 0.408. The average Bonchev–Trinajstić information content (AvgIpc) is 3.35. The zero-order chi connectivity index (χ0) is 22.1. The number of aryl methyl sites for hydroxylation is 2. The number of carbonyl (C=O) groups is 2. The largest absolute Gasteiger partial charge is 0.351 e. The maximum atomic E-state index is 12.5. The van der Waals surface area contributed by atoms with Gasteiger partial charge in [-0.3, -0.25) is 14.4 Å². The summed E-state index contributed by atoms with van der Waals surface area (Å²) in [4.78, 5) is 46.3. The first-order valence-electron chi connectivity index (χ1n) is 10.8. The molecule has 166 valence electrons. The summed E-state index contributed by atoms with van der Waals surface area (Å²) < 4.78 is 0. The second kappa shape index (κ2) is 9.07. The van der Waals surface area contributed by atoms with Crippen LogP contribution < -0.4 is 16.2 Å². The second-order valence-corrected chi connectivity index (χ2v) is 10.3. The van der Waals surface area contributed by atoms with Crippen molar-refractivity contribution in [3.63, 3.8) is 0 Å². The lowest BCUT2D eigenvalue weighted by Gasteiger charge is -2.07. The van der Waals surface area contributed by atoms with Crippen LogP contribution in [0.2, 0.25) is 0 Å². The Bertz CT molecular complexity index is 1230. The van der Waals surface area contributed by atoms with Crippen molar-refractivity contribution in [3.8, 4) is 0 Å². The number of hydrogen-bond acceptors (Lipinski definition) is 6. The second-order valence-electron chi connectivity index (χ2n) is 8.26. The van der Waals surface area contributed by atoms with Crippen LogP contribution >= 0.6 is 23.1 Å². The fourth-order valence-corrected chi connectivity index (χ4v) is 5.88. The van der Waals surface area contributed by atoms with Gasteiger partial charge in [0.2, 0.25) is 5.91 Å². The van der Waals surface area contributed by atoms with Crippen molar-refractivity contribution in [1.82, 2.24) is 20.6 Å². The molecule has 0 radical (unpaired) electrons. The highest BCUT2D eigenvalue weighted by Gasteiger charge is 2.23. The van der Waals surface area contributed by atoms with E-state index >= 15 is 0 Å². The molecule has 0 aliphatic heterocycles. The van der Waals surface area contributed by atoms with Crippen molar-refractivity contribution in [2.24, 2.45) is 0 Å². The monoisotopic (exact) mass is 468 g/mol. The normalized spacial score (nSPS) is 15.0. The van der Waals surface area contributed by atoms with Gasteiger partial charge in [-0.05, 0) is 55.4 Å². The van der Waals surface area contributed by atoms with Crippen molar-refractivity contribution in [3.05, 3.63) is 62.0 Å². The number of thioether (sulfide) groups is 1. The summed E-state index contributed by atoms with van der Waals surface area (Å²) in [5.74, 6) is 1.25. The number of carbonyl (C=O) groups excluding carboxylic acids is 2. The van der Waals surface area contributed by atoms with E-state index in [4.69, 9.17) is 0 Å². The van der Waals surface area contributed by atoms with Crippen LogP contribution in [0.3, 0.4) is 0 Å². The Morgan fingerprint density at radius 2 is 2.00 bits per heavy atom. The molecule has 1 aromatic carbocycles. The van der Waals surface area contributed by atoms with E-state index in [1.54, 1.807) is 23.5 Å². The van der Waals surface area contributed by atoms with Gasteiger partial charge in [0.15, 0.2) is 0 Å². The number of fused-ring (bicyclic) bond motifs is 3. The lowest BCUT2D eigenvalue weighted by Crippen LogP contribution is -2.26. The van der Waals surface area contributed by atoms with Crippen molar-refractivity contribution in [2.75, 3.05) is 5.75 Å². The molecule has 1 fully saturated rings. The summed E-state index contributed by atoms with van der Waals surface area (Å²) in [7, 11) is 0. The van der Waals surface area contributed by atoms with Crippen LogP contribution in [0.5, 0.6) is 0 Å². The summed E-state index contributed by atoms with van der Waals surface area (Å²) in [5.41, 5.74) is 2.68. The van der Waals surface area contributed by atoms with Gasteiger partial charge in [0.05, 0.1) is 16.9 Å². The number of thiophene rings is 1. The van der Waals surface area contributed by atoms with E-state index in [2.05, 4.69) is 20.6 Å². The van der Waals surface area contributed by atoms with E-state index in [-0.39, 0.29) is 23.1 Å². The SMILES string of the molecule is O=C(CSCc1nc2sc3c(c2c(=O)[nH]1)CCC3)NCc1ccc(C(=O)NC2CC2)cc1. The fourth-order valence-electron chi connectivity index (χ4n) is 3.88. The molecular weight excluding hydrogens is 444 g/mol. The first kappa shape index (κ1) is 21.2. The van der Waals surface area contributed by atoms with Gasteiger partial charge in [-0.15, -0.1) is 23.1 Å². The van der Waals surface area contributed by atoms with Crippen LogP contribution in [-0.4, -0.2) is 33.6 Å². The first-order valence-corrected chi connectivity index (χ1v) is 12.8. The van der Waals surface area contributed by atoms with Crippen molar-refractivity contribution >= 4 is 45.1 Å². The molecule has 3 aromatic rings. The standard InChI is InChI=1S/C23H24N4O3S2/c28-19(24-10-13-4-6-14(7-5-13)21(29)25-15-8-9-15)12-31-11-18-26-22(30)20-16-2-1-3-17(16)32-23(20)27-18/h4-7,15H,1-3,8-12H2,(H,24,28)(H,25,29)(H,26,27,30). The van der Waals surface area contributed by atoms with Crippen LogP contribution in [0.4, 0.5) is 0 Å². The number of amides is 2. The average molecular weight is 469 g/mol. The zero-order valence-corrected chi connectivity index (χ0v) is 19.2. The highest BCUT2D eigenvalue weighted by molar-refractivity contribution is 7.99. The number of nitrogens with one attached hydrogen (secondary N) is 3. The van der Waals surface area contributed by atoms with Gasteiger partial charge in [-0.1, -0.05) is 12.1 Å². The number of hydrogen-bond donors (Lipinski definition) is 3. The summed E-state index contributed by atoms with van der Waals surface area (Å²) >= 11 is 3.05. The topological polar surface area (TPSA) is 104 Å². The molecule has 2 amide bonds. The zero-order valence-electron chi connectivity index (χ0n) is 17.5. The molecule has 9 heteroatoms. The molecule has 7 nitrogen and oxygen atoms in total. The Morgan fingerprint density at radius 3 is 2.78 bits per heavy atom. The number of benzene rings is 1. The summed E-state index contributed by atoms with van der Waals surface area (Å²) in [6, 6.07) is 7.62. The van der Waals surface area contributed by atoms with E-state index in [0.29, 0.717) is 29.7 Å². The fraction of sp³-hybridized carbons (Fsp3) is 0.391. The lowest BCUT2D eigenvalue weighted by atomic mass is 10.1. The number of nitrogens with zero attached hydrogens (tertiary/aromatic N) is 1. The molecule has 0 spiro atoms. The molecule has 5 rings (SSSR count). The van der Waals surface area contributed by atoms with Crippen LogP contribution in [0, 0.1) is 0 Å². The molecule has 0 unspecified atom stereocenters. The molecular formula is C23H24N4O3S2. The maximum Gasteiger partial charge on any atom is 0.259 e. The van der Waals surface area contributed by atoms with Gasteiger partial charge in [0.25, 0.3) is 11.5 Å². The lowest BCUT2D eigenvalue weighted by molar-refractivity contribution is -0.118. The van der Waals surface area contributed by atoms with Crippen LogP contribution in [0.1, 0.15) is 51.4 Å². The molecule has 32 heavy (non-hydrogen) atoms. The van der Waals surface area contributed by atoms with Crippen LogP contribution in [0.15, 0.2) is 29.1 Å². The van der Waals surface area contributed by atoms with Crippen molar-refractivity contribution in [2.45, 2.75) is 50.4 Å².